The predicted molar refractivity (Wildman–Crippen MR) is 219 cm³/mol. The summed E-state index contributed by atoms with van der Waals surface area (Å²) in [5.41, 5.74) is 8.95. The fraction of sp³-hybridized carbons (Fsp3) is 0.0638. The molecule has 0 aromatic heterocycles. The lowest BCUT2D eigenvalue weighted by molar-refractivity contribution is 0.487. The van der Waals surface area contributed by atoms with Crippen LogP contribution in [0.5, 0.6) is 11.5 Å². The summed E-state index contributed by atoms with van der Waals surface area (Å²) in [4.78, 5) is 4.64. The SMILES string of the molecule is C[Si](C)(C)c1ccc(N(c2ccccc2)c2ccc3cc4c5c(cccc5c3c2)Oc2cc(N(c3ccccc3)c3ccccc3)ccc2-4)cc1. The summed E-state index contributed by atoms with van der Waals surface area (Å²) >= 11 is 0. The van der Waals surface area contributed by atoms with E-state index in [4.69, 9.17) is 4.74 Å². The number of nitrogens with zero attached hydrogens (tertiary/aromatic N) is 2. The number of rotatable bonds is 7. The molecule has 51 heavy (non-hydrogen) atoms. The molecule has 0 atom stereocenters. The first-order chi connectivity index (χ1) is 24.9. The summed E-state index contributed by atoms with van der Waals surface area (Å²) in [7, 11) is -1.42. The highest BCUT2D eigenvalue weighted by Gasteiger charge is 2.24. The molecule has 0 saturated heterocycles. The van der Waals surface area contributed by atoms with E-state index in [0.717, 1.165) is 56.6 Å². The molecule has 4 heteroatoms. The van der Waals surface area contributed by atoms with E-state index in [2.05, 4.69) is 205 Å². The average Bonchev–Trinajstić information content (AvgIpc) is 3.16. The lowest BCUT2D eigenvalue weighted by Crippen LogP contribution is -2.37. The number of ether oxygens (including phenoxy) is 1. The second kappa shape index (κ2) is 12.3. The van der Waals surface area contributed by atoms with Gasteiger partial charge in [0.1, 0.15) is 11.5 Å². The lowest BCUT2D eigenvalue weighted by atomic mass is 9.90. The van der Waals surface area contributed by atoms with Gasteiger partial charge in [0.05, 0.1) is 8.07 Å². The van der Waals surface area contributed by atoms with Gasteiger partial charge in [-0.05, 0) is 107 Å². The second-order valence-electron chi connectivity index (χ2n) is 14.3. The van der Waals surface area contributed by atoms with E-state index in [1.54, 1.807) is 0 Å². The minimum absolute atomic E-state index is 0.859. The zero-order valence-corrected chi connectivity index (χ0v) is 30.0. The molecule has 0 unspecified atom stereocenters. The Bertz CT molecular complexity index is 2490. The molecule has 9 rings (SSSR count). The smallest absolute Gasteiger partial charge is 0.137 e. The molecule has 0 amide bonds. The van der Waals surface area contributed by atoms with Crippen molar-refractivity contribution >= 4 is 68.9 Å². The molecule has 0 bridgehead atoms. The Kier molecular flexibility index (Phi) is 7.48. The third kappa shape index (κ3) is 5.54. The van der Waals surface area contributed by atoms with E-state index in [0.29, 0.717) is 0 Å². The molecule has 0 saturated carbocycles. The van der Waals surface area contributed by atoms with Crippen LogP contribution in [-0.4, -0.2) is 8.07 Å². The normalized spacial score (nSPS) is 12.0. The molecule has 246 valence electrons. The topological polar surface area (TPSA) is 15.7 Å². The van der Waals surface area contributed by atoms with Gasteiger partial charge in [-0.15, -0.1) is 0 Å². The van der Waals surface area contributed by atoms with Crippen LogP contribution in [0.1, 0.15) is 0 Å². The number of anilines is 6. The van der Waals surface area contributed by atoms with Crippen LogP contribution in [0.2, 0.25) is 19.6 Å². The van der Waals surface area contributed by atoms with Crippen LogP contribution in [0.3, 0.4) is 0 Å². The van der Waals surface area contributed by atoms with Crippen molar-refractivity contribution in [2.24, 2.45) is 0 Å². The van der Waals surface area contributed by atoms with Crippen LogP contribution in [0, 0.1) is 0 Å². The van der Waals surface area contributed by atoms with Gasteiger partial charge in [0.15, 0.2) is 0 Å². The standard InChI is InChI=1S/C47H38N2OSi/c1-51(2,3)40-27-24-37(25-28-40)49(36-18-11-6-12-19-36)38-23-22-33-30-44-41-29-26-39(48(34-14-7-4-8-15-34)35-16-9-5-10-17-35)32-46(41)50-45-21-13-20-42(47(44)45)43(33)31-38/h4-32H,1-3H3. The zero-order chi connectivity index (χ0) is 34.5. The third-order valence-electron chi connectivity index (χ3n) is 9.95. The van der Waals surface area contributed by atoms with Gasteiger partial charge in [0.2, 0.25) is 0 Å². The molecule has 3 nitrogen and oxygen atoms in total. The monoisotopic (exact) mass is 674 g/mol. The molecule has 1 heterocycles. The molecule has 8 aromatic carbocycles. The maximum Gasteiger partial charge on any atom is 0.137 e. The highest BCUT2D eigenvalue weighted by atomic mass is 28.3. The number of hydrogen-bond acceptors (Lipinski definition) is 3. The van der Waals surface area contributed by atoms with E-state index in [9.17, 15) is 0 Å². The second-order valence-corrected chi connectivity index (χ2v) is 19.3. The zero-order valence-electron chi connectivity index (χ0n) is 29.0. The van der Waals surface area contributed by atoms with Gasteiger partial charge < -0.3 is 14.5 Å². The maximum atomic E-state index is 6.78. The van der Waals surface area contributed by atoms with Crippen molar-refractivity contribution in [3.05, 3.63) is 176 Å². The predicted octanol–water partition coefficient (Wildman–Crippen LogP) is 13.3. The van der Waals surface area contributed by atoms with Crippen LogP contribution < -0.4 is 19.7 Å². The van der Waals surface area contributed by atoms with Gasteiger partial charge in [0.25, 0.3) is 0 Å². The first kappa shape index (κ1) is 30.9. The van der Waals surface area contributed by atoms with Gasteiger partial charge in [-0.2, -0.15) is 0 Å². The Morgan fingerprint density at radius 2 is 0.922 bits per heavy atom. The fourth-order valence-electron chi connectivity index (χ4n) is 7.41. The number of benzene rings is 8. The Balaban J connectivity index is 1.17. The van der Waals surface area contributed by atoms with Crippen molar-refractivity contribution in [3.8, 4) is 22.6 Å². The van der Waals surface area contributed by atoms with Gasteiger partial charge in [0, 0.05) is 51.1 Å². The summed E-state index contributed by atoms with van der Waals surface area (Å²) in [5.74, 6) is 1.74. The van der Waals surface area contributed by atoms with E-state index < -0.39 is 8.07 Å². The van der Waals surface area contributed by atoms with Crippen LogP contribution in [0.4, 0.5) is 34.1 Å². The van der Waals surface area contributed by atoms with Crippen LogP contribution in [0.25, 0.3) is 32.7 Å². The van der Waals surface area contributed by atoms with Gasteiger partial charge >= 0.3 is 0 Å². The van der Waals surface area contributed by atoms with Crippen molar-refractivity contribution in [2.75, 3.05) is 9.80 Å². The largest absolute Gasteiger partial charge is 0.456 e. The van der Waals surface area contributed by atoms with Crippen molar-refractivity contribution in [1.29, 1.82) is 0 Å². The minimum Gasteiger partial charge on any atom is -0.456 e. The van der Waals surface area contributed by atoms with Gasteiger partial charge in [-0.25, -0.2) is 0 Å². The summed E-state index contributed by atoms with van der Waals surface area (Å²) in [6.07, 6.45) is 0. The van der Waals surface area contributed by atoms with Crippen molar-refractivity contribution in [1.82, 2.24) is 0 Å². The Morgan fingerprint density at radius 1 is 0.392 bits per heavy atom. The average molecular weight is 675 g/mol. The van der Waals surface area contributed by atoms with E-state index >= 15 is 0 Å². The molecule has 8 aromatic rings. The molecule has 0 aliphatic carbocycles. The van der Waals surface area contributed by atoms with E-state index in [1.165, 1.54) is 26.9 Å². The Morgan fingerprint density at radius 3 is 1.51 bits per heavy atom. The van der Waals surface area contributed by atoms with Crippen LogP contribution in [-0.2, 0) is 0 Å². The number of para-hydroxylation sites is 3. The fourth-order valence-corrected chi connectivity index (χ4v) is 8.58. The number of fused-ring (bicyclic) bond motifs is 4. The molecule has 0 spiro atoms. The van der Waals surface area contributed by atoms with Crippen molar-refractivity contribution < 1.29 is 4.74 Å². The quantitative estimate of drug-likeness (QED) is 0.124. The van der Waals surface area contributed by atoms with Gasteiger partial charge in [-0.1, -0.05) is 110 Å². The highest BCUT2D eigenvalue weighted by molar-refractivity contribution is 6.88. The van der Waals surface area contributed by atoms with E-state index in [-0.39, 0.29) is 0 Å². The summed E-state index contributed by atoms with van der Waals surface area (Å²) in [6, 6.07) is 63.1. The van der Waals surface area contributed by atoms with Gasteiger partial charge in [-0.3, -0.25) is 0 Å². The van der Waals surface area contributed by atoms with E-state index in [1.807, 2.05) is 0 Å². The lowest BCUT2D eigenvalue weighted by Gasteiger charge is -2.29. The molecule has 0 N–H and O–H groups in total. The first-order valence-corrected chi connectivity index (χ1v) is 21.1. The Labute approximate surface area is 300 Å². The molecular formula is C47H38N2OSi. The molecule has 0 fully saturated rings. The van der Waals surface area contributed by atoms with Crippen molar-refractivity contribution in [2.45, 2.75) is 19.6 Å². The maximum absolute atomic E-state index is 6.78. The summed E-state index contributed by atoms with van der Waals surface area (Å²) in [5, 5.41) is 6.20. The number of hydrogen-bond donors (Lipinski definition) is 0. The first-order valence-electron chi connectivity index (χ1n) is 17.6. The summed E-state index contributed by atoms with van der Waals surface area (Å²) < 4.78 is 6.78. The minimum atomic E-state index is -1.42. The molecule has 1 aliphatic rings. The highest BCUT2D eigenvalue weighted by Crippen LogP contribution is 2.51. The summed E-state index contributed by atoms with van der Waals surface area (Å²) in [6.45, 7) is 7.19. The van der Waals surface area contributed by atoms with Crippen LogP contribution >= 0.6 is 0 Å². The van der Waals surface area contributed by atoms with Crippen molar-refractivity contribution in [3.63, 3.8) is 0 Å². The molecule has 0 radical (unpaired) electrons. The molecule has 1 aliphatic heterocycles. The van der Waals surface area contributed by atoms with Crippen LogP contribution in [0.15, 0.2) is 176 Å². The third-order valence-corrected chi connectivity index (χ3v) is 12.0. The Hall–Kier alpha value is -6.10. The molecular weight excluding hydrogens is 637 g/mol.